The van der Waals surface area contributed by atoms with Crippen molar-refractivity contribution < 1.29 is 4.79 Å². The van der Waals surface area contributed by atoms with Gasteiger partial charge in [0.2, 0.25) is 11.9 Å². The van der Waals surface area contributed by atoms with Crippen LogP contribution >= 0.6 is 0 Å². The summed E-state index contributed by atoms with van der Waals surface area (Å²) in [7, 11) is 0. The summed E-state index contributed by atoms with van der Waals surface area (Å²) < 4.78 is 1.79. The number of anilines is 3. The summed E-state index contributed by atoms with van der Waals surface area (Å²) in [5, 5.41) is 18.4. The minimum absolute atomic E-state index is 0.0439. The Morgan fingerprint density at radius 2 is 2.30 bits per heavy atom. The third kappa shape index (κ3) is 3.26. The number of hydrogen-bond acceptors (Lipinski definition) is 7. The van der Waals surface area contributed by atoms with Crippen LogP contribution in [0, 0.1) is 0 Å². The summed E-state index contributed by atoms with van der Waals surface area (Å²) in [4.78, 5) is 19.7. The van der Waals surface area contributed by atoms with Crippen molar-refractivity contribution in [2.75, 3.05) is 29.9 Å². The van der Waals surface area contributed by atoms with Gasteiger partial charge >= 0.3 is 0 Å². The highest BCUT2D eigenvalue weighted by atomic mass is 16.2. The molecule has 0 radical (unpaired) electrons. The summed E-state index contributed by atoms with van der Waals surface area (Å²) in [6.07, 6.45) is 5.94. The highest BCUT2D eigenvalue weighted by Crippen LogP contribution is 2.40. The molecule has 5 N–H and O–H groups in total. The fourth-order valence-electron chi connectivity index (χ4n) is 4.15. The van der Waals surface area contributed by atoms with Crippen LogP contribution in [0.4, 0.5) is 17.6 Å². The Hall–Kier alpha value is -3.14. The number of nitrogens with one attached hydrogen (secondary N) is 3. The van der Waals surface area contributed by atoms with Crippen LogP contribution in [-0.4, -0.2) is 55.9 Å². The first-order chi connectivity index (χ1) is 14.6. The molecule has 1 aliphatic carbocycles. The summed E-state index contributed by atoms with van der Waals surface area (Å²) in [6, 6.07) is 5.92. The average molecular weight is 409 g/mol. The molecule has 2 fully saturated rings. The van der Waals surface area contributed by atoms with E-state index in [0.717, 1.165) is 29.9 Å². The van der Waals surface area contributed by atoms with E-state index in [4.69, 9.17) is 10.7 Å². The third-order valence-corrected chi connectivity index (χ3v) is 6.04. The second-order valence-electron chi connectivity index (χ2n) is 8.28. The van der Waals surface area contributed by atoms with Crippen molar-refractivity contribution in [3.05, 3.63) is 30.1 Å². The average Bonchev–Trinajstić information content (AvgIpc) is 3.13. The maximum atomic E-state index is 12.9. The molecule has 0 aromatic carbocycles. The number of aromatic nitrogens is 5. The van der Waals surface area contributed by atoms with Crippen LogP contribution in [0.25, 0.3) is 5.52 Å². The van der Waals surface area contributed by atoms with Gasteiger partial charge in [-0.1, -0.05) is 0 Å². The molecule has 3 aromatic heterocycles. The first-order valence-electron chi connectivity index (χ1n) is 10.5. The Morgan fingerprint density at radius 1 is 1.43 bits per heavy atom. The molecule has 10 heteroatoms. The van der Waals surface area contributed by atoms with Gasteiger partial charge in [-0.3, -0.25) is 9.89 Å². The Kier molecular flexibility index (Phi) is 4.58. The Labute approximate surface area is 174 Å². The van der Waals surface area contributed by atoms with Gasteiger partial charge in [-0.25, -0.2) is 4.52 Å². The maximum absolute atomic E-state index is 12.9. The zero-order valence-corrected chi connectivity index (χ0v) is 17.1. The fourth-order valence-corrected chi connectivity index (χ4v) is 4.15. The number of carbonyl (C=O) groups excluding carboxylic acids is 1. The van der Waals surface area contributed by atoms with Gasteiger partial charge in [0.1, 0.15) is 11.1 Å². The molecule has 158 valence electrons. The molecular weight excluding hydrogens is 382 g/mol. The quantitative estimate of drug-likeness (QED) is 0.465. The van der Waals surface area contributed by atoms with Crippen molar-refractivity contribution in [2.45, 2.75) is 44.1 Å². The van der Waals surface area contributed by atoms with Crippen molar-refractivity contribution in [2.24, 2.45) is 5.73 Å². The number of aromatic amines is 1. The molecule has 0 bridgehead atoms. The summed E-state index contributed by atoms with van der Waals surface area (Å²) >= 11 is 0. The van der Waals surface area contributed by atoms with Crippen molar-refractivity contribution in [1.82, 2.24) is 30.1 Å². The maximum Gasteiger partial charge on any atom is 0.246 e. The highest BCUT2D eigenvalue weighted by molar-refractivity contribution is 5.90. The lowest BCUT2D eigenvalue weighted by Gasteiger charge is -2.34. The van der Waals surface area contributed by atoms with Crippen LogP contribution in [0.15, 0.2) is 24.4 Å². The minimum atomic E-state index is -0.710. The number of hydrogen-bond donors (Lipinski definition) is 4. The molecule has 0 unspecified atom stereocenters. The number of amides is 1. The van der Waals surface area contributed by atoms with E-state index in [0.29, 0.717) is 37.3 Å². The zero-order valence-electron chi connectivity index (χ0n) is 17.1. The lowest BCUT2D eigenvalue weighted by molar-refractivity contribution is -0.125. The molecule has 1 saturated carbocycles. The van der Waals surface area contributed by atoms with E-state index in [1.165, 1.54) is 12.8 Å². The van der Waals surface area contributed by atoms with Gasteiger partial charge < -0.3 is 21.3 Å². The van der Waals surface area contributed by atoms with Crippen LogP contribution < -0.4 is 21.3 Å². The number of H-pyrrole nitrogens is 1. The largest absolute Gasteiger partial charge is 0.353 e. The summed E-state index contributed by atoms with van der Waals surface area (Å²) in [5.74, 6) is 2.46. The van der Waals surface area contributed by atoms with Gasteiger partial charge in [0, 0.05) is 43.5 Å². The van der Waals surface area contributed by atoms with E-state index in [1.807, 2.05) is 36.2 Å². The Morgan fingerprint density at radius 3 is 3.10 bits per heavy atom. The molecule has 5 rings (SSSR count). The predicted molar refractivity (Wildman–Crippen MR) is 114 cm³/mol. The van der Waals surface area contributed by atoms with Crippen LogP contribution in [-0.2, 0) is 4.79 Å². The van der Waals surface area contributed by atoms with Crippen molar-refractivity contribution >= 4 is 29.0 Å². The van der Waals surface area contributed by atoms with E-state index >= 15 is 0 Å². The van der Waals surface area contributed by atoms with Gasteiger partial charge in [-0.15, -0.1) is 5.10 Å². The Balaban J connectivity index is 1.47. The van der Waals surface area contributed by atoms with E-state index in [-0.39, 0.29) is 5.91 Å². The molecule has 1 atom stereocenters. The van der Waals surface area contributed by atoms with Crippen LogP contribution in [0.1, 0.15) is 44.2 Å². The number of nitrogens with two attached hydrogens (primary N) is 1. The molecule has 1 aliphatic heterocycles. The number of rotatable bonds is 7. The Bertz CT molecular complexity index is 1070. The first kappa shape index (κ1) is 18.9. The smallest absolute Gasteiger partial charge is 0.246 e. The van der Waals surface area contributed by atoms with E-state index < -0.39 is 5.54 Å². The van der Waals surface area contributed by atoms with Crippen molar-refractivity contribution in [1.29, 1.82) is 0 Å². The van der Waals surface area contributed by atoms with Gasteiger partial charge in [-0.2, -0.15) is 10.1 Å². The van der Waals surface area contributed by atoms with Gasteiger partial charge in [0.25, 0.3) is 0 Å². The number of carbonyl (C=O) groups is 1. The molecule has 1 saturated heterocycles. The molecule has 2 aliphatic rings. The molecule has 10 nitrogen and oxygen atoms in total. The highest BCUT2D eigenvalue weighted by Gasteiger charge is 2.44. The molecule has 3 aromatic rings. The van der Waals surface area contributed by atoms with E-state index in [1.54, 1.807) is 4.52 Å². The van der Waals surface area contributed by atoms with Crippen LogP contribution in [0.3, 0.4) is 0 Å². The van der Waals surface area contributed by atoms with E-state index in [2.05, 4.69) is 25.9 Å². The normalized spacial score (nSPS) is 21.3. The SMILES string of the molecule is C[C@@]1(C(=O)NCCN)CCCN1c1nc(Nc2cc(C3CC3)[nH]n2)c2cccn2n1. The van der Waals surface area contributed by atoms with Gasteiger partial charge in [0.05, 0.1) is 0 Å². The van der Waals surface area contributed by atoms with Gasteiger partial charge in [-0.05, 0) is 44.7 Å². The molecule has 4 heterocycles. The predicted octanol–water partition coefficient (Wildman–Crippen LogP) is 1.51. The standard InChI is InChI=1S/C20H27N9O/c1-20(18(30)22-9-8-21)7-3-10-28(20)19-24-17(15-4-2-11-29(15)27-19)23-16-12-14(25-26-16)13-5-6-13/h2,4,11-13H,3,5-10,21H2,1H3,(H,22,30)(H2,23,24,25,26,27)/t20-/m0/s1. The zero-order chi connectivity index (χ0) is 20.7. The topological polar surface area (TPSA) is 129 Å². The second-order valence-corrected chi connectivity index (χ2v) is 8.28. The lowest BCUT2D eigenvalue weighted by atomic mass is 9.98. The minimum Gasteiger partial charge on any atom is -0.353 e. The number of nitrogens with zero attached hydrogens (tertiary/aromatic N) is 5. The molecular formula is C20H27N9O. The van der Waals surface area contributed by atoms with E-state index in [9.17, 15) is 4.79 Å². The van der Waals surface area contributed by atoms with Crippen molar-refractivity contribution in [3.8, 4) is 0 Å². The fraction of sp³-hybridized carbons (Fsp3) is 0.500. The van der Waals surface area contributed by atoms with Crippen molar-refractivity contribution in [3.63, 3.8) is 0 Å². The first-order valence-corrected chi connectivity index (χ1v) is 10.5. The molecule has 1 amide bonds. The molecule has 30 heavy (non-hydrogen) atoms. The molecule has 0 spiro atoms. The monoisotopic (exact) mass is 409 g/mol. The third-order valence-electron chi connectivity index (χ3n) is 6.04. The second kappa shape index (κ2) is 7.28. The van der Waals surface area contributed by atoms with Crippen LogP contribution in [0.5, 0.6) is 0 Å². The van der Waals surface area contributed by atoms with Gasteiger partial charge in [0.15, 0.2) is 11.6 Å². The summed E-state index contributed by atoms with van der Waals surface area (Å²) in [5.41, 5.74) is 6.85. The number of fused-ring (bicyclic) bond motifs is 1. The lowest BCUT2D eigenvalue weighted by Crippen LogP contribution is -2.55. The van der Waals surface area contributed by atoms with Crippen LogP contribution in [0.2, 0.25) is 0 Å². The summed E-state index contributed by atoms with van der Waals surface area (Å²) in [6.45, 7) is 3.52.